The molecule has 0 aromatic heterocycles. The fraction of sp³-hybridized carbons (Fsp3) is 1.00. The summed E-state index contributed by atoms with van der Waals surface area (Å²) in [5.41, 5.74) is 0. The molecular formula is C18H30O2S3. The van der Waals surface area contributed by atoms with E-state index < -0.39 is 0 Å². The summed E-state index contributed by atoms with van der Waals surface area (Å²) < 4.78 is 11.3. The first kappa shape index (κ1) is 17.4. The highest BCUT2D eigenvalue weighted by molar-refractivity contribution is 8.06. The third-order valence-corrected chi connectivity index (χ3v) is 10.9. The van der Waals surface area contributed by atoms with Crippen LogP contribution in [0.3, 0.4) is 0 Å². The van der Waals surface area contributed by atoms with Crippen molar-refractivity contribution < 1.29 is 9.47 Å². The molecule has 6 unspecified atom stereocenters. The van der Waals surface area contributed by atoms with Gasteiger partial charge in [-0.2, -0.15) is 11.8 Å². The van der Waals surface area contributed by atoms with Gasteiger partial charge in [-0.05, 0) is 39.5 Å². The summed E-state index contributed by atoms with van der Waals surface area (Å²) in [6.45, 7) is 6.48. The van der Waals surface area contributed by atoms with Gasteiger partial charge >= 0.3 is 0 Å². The molecule has 2 nitrogen and oxygen atoms in total. The van der Waals surface area contributed by atoms with Gasteiger partial charge in [-0.25, -0.2) is 0 Å². The van der Waals surface area contributed by atoms with Gasteiger partial charge in [0, 0.05) is 21.0 Å². The molecule has 2 aliphatic heterocycles. The molecule has 4 aliphatic rings. The largest absolute Gasteiger partial charge is 0.358 e. The van der Waals surface area contributed by atoms with Gasteiger partial charge in [0.15, 0.2) is 0 Å². The smallest absolute Gasteiger partial charge is 0.134 e. The van der Waals surface area contributed by atoms with Gasteiger partial charge in [-0.1, -0.05) is 25.7 Å². The van der Waals surface area contributed by atoms with E-state index >= 15 is 0 Å². The van der Waals surface area contributed by atoms with Gasteiger partial charge in [-0.15, -0.1) is 23.5 Å². The average Bonchev–Trinajstić information content (AvgIpc) is 3.44. The Kier molecular flexibility index (Phi) is 5.25. The van der Waals surface area contributed by atoms with Crippen LogP contribution in [0.2, 0.25) is 0 Å². The number of hydrogen-bond acceptors (Lipinski definition) is 5. The minimum atomic E-state index is 0.150. The molecule has 0 N–H and O–H groups in total. The Labute approximate surface area is 154 Å². The summed E-state index contributed by atoms with van der Waals surface area (Å²) in [6, 6.07) is 0. The van der Waals surface area contributed by atoms with Crippen molar-refractivity contribution in [2.75, 3.05) is 13.2 Å². The molecule has 132 valence electrons. The van der Waals surface area contributed by atoms with Crippen LogP contribution in [0.4, 0.5) is 0 Å². The van der Waals surface area contributed by atoms with Crippen LogP contribution < -0.4 is 0 Å². The molecule has 6 atom stereocenters. The van der Waals surface area contributed by atoms with Crippen molar-refractivity contribution in [2.24, 2.45) is 0 Å². The first-order valence-electron chi connectivity index (χ1n) is 9.34. The molecule has 2 saturated carbocycles. The Morgan fingerprint density at radius 2 is 1.00 bits per heavy atom. The van der Waals surface area contributed by atoms with E-state index in [-0.39, 0.29) is 9.87 Å². The topological polar surface area (TPSA) is 25.1 Å². The highest BCUT2D eigenvalue weighted by atomic mass is 32.2. The Balaban J connectivity index is 1.37. The second-order valence-electron chi connectivity index (χ2n) is 7.94. The minimum absolute atomic E-state index is 0.150. The molecule has 4 rings (SSSR count). The number of ether oxygens (including phenoxy) is 2. The monoisotopic (exact) mass is 374 g/mol. The molecule has 2 aliphatic carbocycles. The van der Waals surface area contributed by atoms with Crippen molar-refractivity contribution >= 4 is 35.3 Å². The van der Waals surface area contributed by atoms with E-state index in [4.69, 9.17) is 9.47 Å². The maximum atomic E-state index is 5.67. The SMILES string of the molecule is CC1(SC2CCCCC2SC2CCCCC2SC2(C)CO2)CO1. The van der Waals surface area contributed by atoms with Crippen LogP contribution in [-0.2, 0) is 9.47 Å². The molecule has 0 bridgehead atoms. The van der Waals surface area contributed by atoms with E-state index in [1.165, 1.54) is 51.4 Å². The van der Waals surface area contributed by atoms with Gasteiger partial charge in [-0.3, -0.25) is 0 Å². The zero-order chi connectivity index (χ0) is 15.9. The molecule has 0 aromatic rings. The lowest BCUT2D eigenvalue weighted by Gasteiger charge is -2.38. The van der Waals surface area contributed by atoms with Crippen molar-refractivity contribution in [3.63, 3.8) is 0 Å². The maximum Gasteiger partial charge on any atom is 0.134 e. The zero-order valence-corrected chi connectivity index (χ0v) is 16.9. The molecule has 0 radical (unpaired) electrons. The lowest BCUT2D eigenvalue weighted by Crippen LogP contribution is -2.34. The maximum absolute atomic E-state index is 5.67. The van der Waals surface area contributed by atoms with Crippen LogP contribution in [0.1, 0.15) is 65.2 Å². The summed E-state index contributed by atoms with van der Waals surface area (Å²) in [6.07, 6.45) is 11.3. The Morgan fingerprint density at radius 3 is 1.35 bits per heavy atom. The third kappa shape index (κ3) is 4.58. The standard InChI is InChI=1S/C18H30O2S3/c1-17(11-19-17)22-15-9-5-3-7-13(15)21-14-8-4-6-10-16(14)23-18(2)12-20-18/h13-16H,3-12H2,1-2H3. The van der Waals surface area contributed by atoms with Crippen molar-refractivity contribution in [3.05, 3.63) is 0 Å². The second-order valence-corrected chi connectivity index (χ2v) is 12.8. The average molecular weight is 375 g/mol. The van der Waals surface area contributed by atoms with Gasteiger partial charge in [0.1, 0.15) is 9.87 Å². The fourth-order valence-corrected chi connectivity index (χ4v) is 9.12. The van der Waals surface area contributed by atoms with Crippen molar-refractivity contribution in [3.8, 4) is 0 Å². The van der Waals surface area contributed by atoms with E-state index in [1.54, 1.807) is 0 Å². The molecule has 5 heteroatoms. The lowest BCUT2D eigenvalue weighted by atomic mass is 9.99. The van der Waals surface area contributed by atoms with E-state index in [2.05, 4.69) is 49.1 Å². The Hall–Kier alpha value is 0.970. The molecule has 23 heavy (non-hydrogen) atoms. The molecule has 4 fully saturated rings. The lowest BCUT2D eigenvalue weighted by molar-refractivity contribution is 0.398. The predicted molar refractivity (Wildman–Crippen MR) is 104 cm³/mol. The van der Waals surface area contributed by atoms with Crippen LogP contribution in [-0.4, -0.2) is 44.1 Å². The van der Waals surface area contributed by atoms with Crippen molar-refractivity contribution in [1.82, 2.24) is 0 Å². The molecule has 2 heterocycles. The molecule has 2 saturated heterocycles. The predicted octanol–water partition coefficient (Wildman–Crippen LogP) is 5.30. The number of epoxide rings is 2. The van der Waals surface area contributed by atoms with Crippen molar-refractivity contribution in [1.29, 1.82) is 0 Å². The zero-order valence-electron chi connectivity index (χ0n) is 14.4. The normalized spacial score (nSPS) is 49.8. The van der Waals surface area contributed by atoms with Crippen LogP contribution in [0, 0.1) is 0 Å². The summed E-state index contributed by atoms with van der Waals surface area (Å²) in [5, 5.41) is 3.30. The van der Waals surface area contributed by atoms with E-state index in [1.807, 2.05) is 0 Å². The van der Waals surface area contributed by atoms with E-state index in [0.717, 1.165) is 34.2 Å². The van der Waals surface area contributed by atoms with Crippen LogP contribution in [0.5, 0.6) is 0 Å². The first-order chi connectivity index (χ1) is 11.1. The highest BCUT2D eigenvalue weighted by Gasteiger charge is 2.47. The van der Waals surface area contributed by atoms with Crippen LogP contribution in [0.25, 0.3) is 0 Å². The van der Waals surface area contributed by atoms with Crippen LogP contribution >= 0.6 is 35.3 Å². The van der Waals surface area contributed by atoms with Gasteiger partial charge < -0.3 is 9.47 Å². The molecule has 0 amide bonds. The van der Waals surface area contributed by atoms with Crippen LogP contribution in [0.15, 0.2) is 0 Å². The second kappa shape index (κ2) is 6.94. The molecule has 0 aromatic carbocycles. The Bertz CT molecular complexity index is 384. The summed E-state index contributed by atoms with van der Waals surface area (Å²) >= 11 is 6.62. The molecule has 0 spiro atoms. The first-order valence-corrected chi connectivity index (χ1v) is 12.0. The fourth-order valence-electron chi connectivity index (χ4n) is 3.91. The number of hydrogen-bond donors (Lipinski definition) is 0. The van der Waals surface area contributed by atoms with E-state index in [0.29, 0.717) is 0 Å². The summed E-state index contributed by atoms with van der Waals surface area (Å²) in [7, 11) is 0. The summed E-state index contributed by atoms with van der Waals surface area (Å²) in [5.74, 6) is 0. The minimum Gasteiger partial charge on any atom is -0.358 e. The van der Waals surface area contributed by atoms with E-state index in [9.17, 15) is 0 Å². The third-order valence-electron chi connectivity index (χ3n) is 5.54. The van der Waals surface area contributed by atoms with Crippen molar-refractivity contribution in [2.45, 2.75) is 96.1 Å². The number of thioether (sulfide) groups is 3. The quantitative estimate of drug-likeness (QED) is 0.587. The summed E-state index contributed by atoms with van der Waals surface area (Å²) in [4.78, 5) is 0.299. The van der Waals surface area contributed by atoms with Gasteiger partial charge in [0.2, 0.25) is 0 Å². The van der Waals surface area contributed by atoms with Gasteiger partial charge in [0.25, 0.3) is 0 Å². The van der Waals surface area contributed by atoms with Gasteiger partial charge in [0.05, 0.1) is 13.2 Å². The highest BCUT2D eigenvalue weighted by Crippen LogP contribution is 2.52. The Morgan fingerprint density at radius 1 is 0.652 bits per heavy atom. The molecular weight excluding hydrogens is 344 g/mol. The number of rotatable bonds is 6.